The summed E-state index contributed by atoms with van der Waals surface area (Å²) in [4.78, 5) is 26.6. The van der Waals surface area contributed by atoms with Crippen molar-refractivity contribution in [2.45, 2.75) is 31.6 Å². The van der Waals surface area contributed by atoms with Crippen LogP contribution >= 0.6 is 0 Å². The molecule has 7 nitrogen and oxygen atoms in total. The van der Waals surface area contributed by atoms with E-state index in [2.05, 4.69) is 5.32 Å². The zero-order valence-electron chi connectivity index (χ0n) is 16.1. The second kappa shape index (κ2) is 8.18. The monoisotopic (exact) mass is 403 g/mol. The quantitative estimate of drug-likeness (QED) is 0.731. The topological polar surface area (TPSA) is 86.8 Å². The third-order valence-corrected chi connectivity index (χ3v) is 6.52. The molecule has 0 saturated carbocycles. The molecular weight excluding hydrogens is 378 g/mol. The van der Waals surface area contributed by atoms with Gasteiger partial charge >= 0.3 is 0 Å². The van der Waals surface area contributed by atoms with E-state index in [1.807, 2.05) is 26.0 Å². The smallest absolute Gasteiger partial charge is 0.265 e. The van der Waals surface area contributed by atoms with Crippen LogP contribution in [0.1, 0.15) is 26.7 Å². The average Bonchev–Trinajstić information content (AvgIpc) is 2.89. The third-order valence-electron chi connectivity index (χ3n) is 4.71. The molecule has 1 N–H and O–H groups in total. The van der Waals surface area contributed by atoms with Crippen LogP contribution in [0.5, 0.6) is 0 Å². The highest BCUT2D eigenvalue weighted by Gasteiger charge is 2.37. The predicted octanol–water partition coefficient (Wildman–Crippen LogP) is 2.11. The Kier molecular flexibility index (Phi) is 5.88. The van der Waals surface area contributed by atoms with Crippen molar-refractivity contribution in [3.05, 3.63) is 36.4 Å². The molecule has 0 saturated heterocycles. The first-order chi connectivity index (χ1) is 13.4. The largest absolute Gasteiger partial charge is 0.355 e. The fraction of sp³-hybridized carbons (Fsp3) is 0.400. The van der Waals surface area contributed by atoms with E-state index in [4.69, 9.17) is 0 Å². The van der Waals surface area contributed by atoms with Crippen LogP contribution in [0.4, 0.5) is 5.69 Å². The molecular formula is C20H25N3O4S. The summed E-state index contributed by atoms with van der Waals surface area (Å²) in [6, 6.07) is 10.5. The fourth-order valence-corrected chi connectivity index (χ4v) is 5.07. The lowest BCUT2D eigenvalue weighted by molar-refractivity contribution is -0.134. The molecule has 0 unspecified atom stereocenters. The number of sulfonamides is 1. The van der Waals surface area contributed by atoms with E-state index in [9.17, 15) is 18.0 Å². The van der Waals surface area contributed by atoms with Gasteiger partial charge in [-0.05, 0) is 30.4 Å². The zero-order chi connectivity index (χ0) is 20.3. The molecule has 2 aromatic carbocycles. The zero-order valence-corrected chi connectivity index (χ0v) is 17.0. The number of rotatable bonds is 8. The van der Waals surface area contributed by atoms with Crippen molar-refractivity contribution in [2.75, 3.05) is 30.5 Å². The molecule has 28 heavy (non-hydrogen) atoms. The van der Waals surface area contributed by atoms with Crippen LogP contribution in [0, 0.1) is 0 Å². The van der Waals surface area contributed by atoms with Crippen LogP contribution in [-0.4, -0.2) is 51.3 Å². The normalized spacial score (nSPS) is 14.3. The van der Waals surface area contributed by atoms with E-state index >= 15 is 0 Å². The summed E-state index contributed by atoms with van der Waals surface area (Å²) < 4.78 is 27.2. The Bertz CT molecular complexity index is 998. The number of hydrogen-bond donors (Lipinski definition) is 1. The molecule has 0 bridgehead atoms. The van der Waals surface area contributed by atoms with Crippen LogP contribution in [-0.2, 0) is 19.6 Å². The van der Waals surface area contributed by atoms with Gasteiger partial charge in [0.15, 0.2) is 0 Å². The first-order valence-electron chi connectivity index (χ1n) is 9.49. The number of nitrogens with zero attached hydrogens (tertiary/aromatic N) is 2. The van der Waals surface area contributed by atoms with Gasteiger partial charge in [-0.3, -0.25) is 13.9 Å². The summed E-state index contributed by atoms with van der Waals surface area (Å²) in [7, 11) is -3.80. The second-order valence-electron chi connectivity index (χ2n) is 6.81. The van der Waals surface area contributed by atoms with Crippen molar-refractivity contribution in [2.24, 2.45) is 0 Å². The number of hydrogen-bond acceptors (Lipinski definition) is 4. The van der Waals surface area contributed by atoms with Gasteiger partial charge in [-0.15, -0.1) is 0 Å². The molecule has 2 amide bonds. The van der Waals surface area contributed by atoms with Gasteiger partial charge in [0.1, 0.15) is 6.54 Å². The van der Waals surface area contributed by atoms with Gasteiger partial charge in [-0.1, -0.05) is 38.1 Å². The van der Waals surface area contributed by atoms with E-state index in [0.717, 1.165) is 16.1 Å². The number of carbonyl (C=O) groups excluding carboxylic acids is 2. The van der Waals surface area contributed by atoms with E-state index in [-0.39, 0.29) is 29.8 Å². The molecule has 3 rings (SSSR count). The van der Waals surface area contributed by atoms with Crippen LogP contribution < -0.4 is 9.62 Å². The van der Waals surface area contributed by atoms with Crippen LogP contribution in [0.3, 0.4) is 0 Å². The molecule has 1 aliphatic rings. The van der Waals surface area contributed by atoms with Crippen LogP contribution in [0.25, 0.3) is 10.8 Å². The highest BCUT2D eigenvalue weighted by molar-refractivity contribution is 7.93. The Hall–Kier alpha value is -2.61. The Morgan fingerprint density at radius 1 is 1.07 bits per heavy atom. The van der Waals surface area contributed by atoms with Crippen molar-refractivity contribution in [3.8, 4) is 0 Å². The SMILES string of the molecule is CCCNC(=O)CN(CCC)C(=O)CN1c2cccc3cccc(c23)S1(=O)=O. The summed E-state index contributed by atoms with van der Waals surface area (Å²) in [5, 5.41) is 4.21. The molecule has 8 heteroatoms. The first kappa shape index (κ1) is 20.1. The van der Waals surface area contributed by atoms with Crippen molar-refractivity contribution in [3.63, 3.8) is 0 Å². The molecule has 1 heterocycles. The van der Waals surface area contributed by atoms with Gasteiger partial charge < -0.3 is 10.2 Å². The molecule has 0 aromatic heterocycles. The average molecular weight is 404 g/mol. The van der Waals surface area contributed by atoms with Gasteiger partial charge in [-0.2, -0.15) is 0 Å². The predicted molar refractivity (Wildman–Crippen MR) is 109 cm³/mol. The molecule has 0 aliphatic carbocycles. The van der Waals surface area contributed by atoms with E-state index in [1.54, 1.807) is 24.3 Å². The summed E-state index contributed by atoms with van der Waals surface area (Å²) in [6.45, 7) is 4.41. The Morgan fingerprint density at radius 3 is 2.46 bits per heavy atom. The first-order valence-corrected chi connectivity index (χ1v) is 10.9. The lowest BCUT2D eigenvalue weighted by Gasteiger charge is -2.25. The van der Waals surface area contributed by atoms with Crippen molar-refractivity contribution in [1.82, 2.24) is 10.2 Å². The summed E-state index contributed by atoms with van der Waals surface area (Å²) >= 11 is 0. The van der Waals surface area contributed by atoms with Crippen LogP contribution in [0.15, 0.2) is 41.3 Å². The van der Waals surface area contributed by atoms with Crippen molar-refractivity contribution < 1.29 is 18.0 Å². The van der Waals surface area contributed by atoms with E-state index < -0.39 is 10.0 Å². The van der Waals surface area contributed by atoms with Crippen LogP contribution in [0.2, 0.25) is 0 Å². The maximum absolute atomic E-state index is 13.0. The Balaban J connectivity index is 1.85. The molecule has 1 aliphatic heterocycles. The lowest BCUT2D eigenvalue weighted by Crippen LogP contribution is -2.46. The lowest BCUT2D eigenvalue weighted by atomic mass is 10.1. The third kappa shape index (κ3) is 3.69. The Morgan fingerprint density at radius 2 is 1.79 bits per heavy atom. The fourth-order valence-electron chi connectivity index (χ4n) is 3.41. The molecule has 150 valence electrons. The second-order valence-corrected chi connectivity index (χ2v) is 8.64. The van der Waals surface area contributed by atoms with Gasteiger partial charge in [0.2, 0.25) is 11.8 Å². The standard InChI is InChI=1S/C20H25N3O4S/c1-3-11-21-18(24)13-22(12-4-2)19(25)14-23-16-9-5-7-15-8-6-10-17(20(15)16)28(23,26)27/h5-10H,3-4,11-14H2,1-2H3,(H,21,24). The van der Waals surface area contributed by atoms with Gasteiger partial charge in [0, 0.05) is 18.5 Å². The van der Waals surface area contributed by atoms with Crippen molar-refractivity contribution in [1.29, 1.82) is 0 Å². The number of benzene rings is 2. The highest BCUT2D eigenvalue weighted by atomic mass is 32.2. The number of carbonyl (C=O) groups is 2. The summed E-state index contributed by atoms with van der Waals surface area (Å²) in [6.07, 6.45) is 1.48. The summed E-state index contributed by atoms with van der Waals surface area (Å²) in [5.74, 6) is -0.625. The minimum Gasteiger partial charge on any atom is -0.355 e. The maximum atomic E-state index is 13.0. The minimum absolute atomic E-state index is 0.0717. The Labute approximate surface area is 165 Å². The minimum atomic E-state index is -3.80. The molecule has 2 aromatic rings. The van der Waals surface area contributed by atoms with E-state index in [0.29, 0.717) is 30.6 Å². The molecule has 0 spiro atoms. The van der Waals surface area contributed by atoms with Gasteiger partial charge in [0.05, 0.1) is 17.1 Å². The molecule has 0 fully saturated rings. The van der Waals surface area contributed by atoms with E-state index in [1.165, 1.54) is 4.90 Å². The van der Waals surface area contributed by atoms with Crippen molar-refractivity contribution >= 4 is 38.3 Å². The molecule has 0 atom stereocenters. The highest BCUT2D eigenvalue weighted by Crippen LogP contribution is 2.41. The number of nitrogens with one attached hydrogen (secondary N) is 1. The number of amides is 2. The maximum Gasteiger partial charge on any atom is 0.265 e. The summed E-state index contributed by atoms with van der Waals surface area (Å²) in [5.41, 5.74) is 0.508. The molecule has 0 radical (unpaired) electrons. The van der Waals surface area contributed by atoms with Gasteiger partial charge in [0.25, 0.3) is 10.0 Å². The number of anilines is 1. The van der Waals surface area contributed by atoms with Gasteiger partial charge in [-0.25, -0.2) is 8.42 Å².